The van der Waals surface area contributed by atoms with Gasteiger partial charge >= 0.3 is 5.97 Å². The lowest BCUT2D eigenvalue weighted by Gasteiger charge is -2.15. The highest BCUT2D eigenvalue weighted by molar-refractivity contribution is 9.10. The van der Waals surface area contributed by atoms with Crippen LogP contribution in [0.1, 0.15) is 18.0 Å². The van der Waals surface area contributed by atoms with Gasteiger partial charge < -0.3 is 20.7 Å². The van der Waals surface area contributed by atoms with Crippen LogP contribution in [0.3, 0.4) is 0 Å². The molecule has 0 aliphatic rings. The minimum atomic E-state index is -1.00. The fourth-order valence-corrected chi connectivity index (χ4v) is 1.68. The lowest BCUT2D eigenvalue weighted by molar-refractivity contribution is -0.137. The molecular weight excluding hydrogens is 278 g/mol. The van der Waals surface area contributed by atoms with Crippen molar-refractivity contribution in [3.63, 3.8) is 0 Å². The number of phenolic OH excluding ortho intramolecular Hbond substituents is 1. The summed E-state index contributed by atoms with van der Waals surface area (Å²) in [5.41, 5.74) is 6.17. The van der Waals surface area contributed by atoms with E-state index in [-0.39, 0.29) is 17.9 Å². The second-order valence-electron chi connectivity index (χ2n) is 3.22. The molecule has 16 heavy (non-hydrogen) atoms. The first-order chi connectivity index (χ1) is 7.47. The van der Waals surface area contributed by atoms with E-state index < -0.39 is 12.0 Å². The van der Waals surface area contributed by atoms with Crippen LogP contribution in [-0.2, 0) is 4.79 Å². The van der Waals surface area contributed by atoms with E-state index in [0.29, 0.717) is 10.0 Å². The van der Waals surface area contributed by atoms with Gasteiger partial charge in [0.05, 0.1) is 18.0 Å². The number of ether oxygens (including phenoxy) is 1. The highest BCUT2D eigenvalue weighted by Crippen LogP contribution is 2.39. The predicted octanol–water partition coefficient (Wildman–Crippen LogP) is 1.64. The van der Waals surface area contributed by atoms with Gasteiger partial charge in [-0.25, -0.2) is 0 Å². The van der Waals surface area contributed by atoms with Crippen molar-refractivity contribution in [2.45, 2.75) is 12.5 Å². The molecule has 0 fully saturated rings. The predicted molar refractivity (Wildman–Crippen MR) is 61.5 cm³/mol. The number of carboxylic acids is 1. The molecule has 0 spiro atoms. The molecule has 0 saturated heterocycles. The van der Waals surface area contributed by atoms with Crippen molar-refractivity contribution in [3.05, 3.63) is 22.2 Å². The van der Waals surface area contributed by atoms with Crippen LogP contribution in [0.2, 0.25) is 0 Å². The SMILES string of the molecule is COc1c(C(N)CC(=O)O)ccc(Br)c1O. The molecule has 1 aromatic carbocycles. The van der Waals surface area contributed by atoms with Crippen LogP contribution >= 0.6 is 15.9 Å². The van der Waals surface area contributed by atoms with Crippen LogP contribution in [-0.4, -0.2) is 23.3 Å². The number of nitrogens with two attached hydrogens (primary N) is 1. The number of carbonyl (C=O) groups is 1. The van der Waals surface area contributed by atoms with Crippen LogP contribution in [0.5, 0.6) is 11.5 Å². The van der Waals surface area contributed by atoms with E-state index in [1.807, 2.05) is 0 Å². The molecule has 0 aliphatic carbocycles. The maximum absolute atomic E-state index is 10.5. The van der Waals surface area contributed by atoms with E-state index in [1.54, 1.807) is 12.1 Å². The van der Waals surface area contributed by atoms with Gasteiger partial charge in [0.25, 0.3) is 0 Å². The Morgan fingerprint density at radius 1 is 1.62 bits per heavy atom. The van der Waals surface area contributed by atoms with Gasteiger partial charge in [0, 0.05) is 11.6 Å². The Labute approximate surface area is 101 Å². The Kier molecular flexibility index (Phi) is 4.14. The molecule has 0 aliphatic heterocycles. The summed E-state index contributed by atoms with van der Waals surface area (Å²) in [7, 11) is 1.39. The van der Waals surface area contributed by atoms with Gasteiger partial charge in [0.2, 0.25) is 0 Å². The number of rotatable bonds is 4. The minimum absolute atomic E-state index is 0.0826. The molecule has 6 heteroatoms. The molecule has 0 heterocycles. The van der Waals surface area contributed by atoms with Crippen LogP contribution < -0.4 is 10.5 Å². The number of aliphatic carboxylic acids is 1. The van der Waals surface area contributed by atoms with E-state index in [1.165, 1.54) is 7.11 Å². The first-order valence-electron chi connectivity index (χ1n) is 4.50. The van der Waals surface area contributed by atoms with Crippen LogP contribution in [0, 0.1) is 0 Å². The molecule has 88 valence electrons. The molecule has 1 rings (SSSR count). The molecule has 0 amide bonds. The quantitative estimate of drug-likeness (QED) is 0.784. The summed E-state index contributed by atoms with van der Waals surface area (Å²) < 4.78 is 5.47. The Morgan fingerprint density at radius 2 is 2.25 bits per heavy atom. The minimum Gasteiger partial charge on any atom is -0.503 e. The zero-order valence-electron chi connectivity index (χ0n) is 8.61. The van der Waals surface area contributed by atoms with Gasteiger partial charge in [0.15, 0.2) is 11.5 Å². The second-order valence-corrected chi connectivity index (χ2v) is 4.08. The maximum Gasteiger partial charge on any atom is 0.305 e. The van der Waals surface area contributed by atoms with Gasteiger partial charge in [-0.1, -0.05) is 6.07 Å². The first kappa shape index (κ1) is 12.8. The van der Waals surface area contributed by atoms with Gasteiger partial charge in [-0.05, 0) is 22.0 Å². The standard InChI is InChI=1S/C10H12BrNO4/c1-16-10-5(7(12)4-8(13)14)2-3-6(11)9(10)15/h2-3,7,15H,4,12H2,1H3,(H,13,14). The lowest BCUT2D eigenvalue weighted by atomic mass is 10.0. The molecule has 1 atom stereocenters. The number of carboxylic acid groups (broad SMARTS) is 1. The van der Waals surface area contributed by atoms with Crippen molar-refractivity contribution in [3.8, 4) is 11.5 Å². The van der Waals surface area contributed by atoms with E-state index in [4.69, 9.17) is 15.6 Å². The van der Waals surface area contributed by atoms with Gasteiger partial charge in [0.1, 0.15) is 0 Å². The van der Waals surface area contributed by atoms with Crippen LogP contribution in [0.25, 0.3) is 0 Å². The summed E-state index contributed by atoms with van der Waals surface area (Å²) in [4.78, 5) is 10.5. The normalized spacial score (nSPS) is 12.2. The maximum atomic E-state index is 10.5. The average Bonchev–Trinajstić information content (AvgIpc) is 2.20. The van der Waals surface area contributed by atoms with Crippen molar-refractivity contribution in [1.29, 1.82) is 0 Å². The van der Waals surface area contributed by atoms with Crippen molar-refractivity contribution in [2.75, 3.05) is 7.11 Å². The molecule has 0 aromatic heterocycles. The number of hydrogen-bond donors (Lipinski definition) is 3. The van der Waals surface area contributed by atoms with Gasteiger partial charge in [-0.2, -0.15) is 0 Å². The number of methoxy groups -OCH3 is 1. The van der Waals surface area contributed by atoms with Gasteiger partial charge in [-0.3, -0.25) is 4.79 Å². The third-order valence-electron chi connectivity index (χ3n) is 2.11. The number of phenols is 1. The van der Waals surface area contributed by atoms with Crippen molar-refractivity contribution in [2.24, 2.45) is 5.73 Å². The van der Waals surface area contributed by atoms with Crippen molar-refractivity contribution >= 4 is 21.9 Å². The number of hydrogen-bond acceptors (Lipinski definition) is 4. The Hall–Kier alpha value is -1.27. The molecule has 1 aromatic rings. The third-order valence-corrected chi connectivity index (χ3v) is 2.75. The van der Waals surface area contributed by atoms with Crippen LogP contribution in [0.15, 0.2) is 16.6 Å². The first-order valence-corrected chi connectivity index (χ1v) is 5.29. The summed E-state index contributed by atoms with van der Waals surface area (Å²) >= 11 is 3.13. The molecule has 0 saturated carbocycles. The Balaban J connectivity index is 3.13. The zero-order chi connectivity index (χ0) is 12.3. The fraction of sp³-hybridized carbons (Fsp3) is 0.300. The fourth-order valence-electron chi connectivity index (χ4n) is 1.37. The third kappa shape index (κ3) is 2.65. The second kappa shape index (κ2) is 5.18. The van der Waals surface area contributed by atoms with Crippen LogP contribution in [0.4, 0.5) is 0 Å². The summed E-state index contributed by atoms with van der Waals surface area (Å²) in [6.45, 7) is 0. The number of benzene rings is 1. The Morgan fingerprint density at radius 3 is 2.75 bits per heavy atom. The summed E-state index contributed by atoms with van der Waals surface area (Å²) in [6.07, 6.45) is -0.225. The van der Waals surface area contributed by atoms with Crippen molar-refractivity contribution in [1.82, 2.24) is 0 Å². The summed E-state index contributed by atoms with van der Waals surface area (Å²) in [5, 5.41) is 18.3. The lowest BCUT2D eigenvalue weighted by Crippen LogP contribution is -2.16. The molecule has 0 bridgehead atoms. The number of halogens is 1. The molecule has 4 N–H and O–H groups in total. The largest absolute Gasteiger partial charge is 0.503 e. The smallest absolute Gasteiger partial charge is 0.305 e. The van der Waals surface area contributed by atoms with Crippen molar-refractivity contribution < 1.29 is 19.7 Å². The van der Waals surface area contributed by atoms with E-state index in [2.05, 4.69) is 15.9 Å². The number of aromatic hydroxyl groups is 1. The average molecular weight is 290 g/mol. The zero-order valence-corrected chi connectivity index (χ0v) is 10.2. The molecule has 5 nitrogen and oxygen atoms in total. The summed E-state index contributed by atoms with van der Waals surface area (Å²) in [5.74, 6) is -0.888. The topological polar surface area (TPSA) is 92.8 Å². The highest BCUT2D eigenvalue weighted by atomic mass is 79.9. The monoisotopic (exact) mass is 289 g/mol. The molecule has 1 unspecified atom stereocenters. The molecular formula is C10H12BrNO4. The molecule has 0 radical (unpaired) electrons. The van der Waals surface area contributed by atoms with Gasteiger partial charge in [-0.15, -0.1) is 0 Å². The van der Waals surface area contributed by atoms with E-state index >= 15 is 0 Å². The highest BCUT2D eigenvalue weighted by Gasteiger charge is 2.19. The van der Waals surface area contributed by atoms with E-state index in [9.17, 15) is 9.90 Å². The summed E-state index contributed by atoms with van der Waals surface area (Å²) in [6, 6.07) is 2.50. The van der Waals surface area contributed by atoms with E-state index in [0.717, 1.165) is 0 Å². The Bertz CT molecular complexity index is 408.